The highest BCUT2D eigenvalue weighted by molar-refractivity contribution is 6.15. The Morgan fingerprint density at radius 3 is 2.82 bits per heavy atom. The molecule has 2 aliphatic heterocycles. The van der Waals surface area contributed by atoms with Crippen molar-refractivity contribution in [1.29, 1.82) is 0 Å². The number of nitrogens with one attached hydrogen (secondary N) is 1. The number of aromatic nitrogens is 1. The molecule has 0 bridgehead atoms. The largest absolute Gasteiger partial charge is 0.383 e. The van der Waals surface area contributed by atoms with E-state index in [9.17, 15) is 9.59 Å². The topological polar surface area (TPSA) is 74.8 Å². The van der Waals surface area contributed by atoms with E-state index < -0.39 is 0 Å². The second-order valence-corrected chi connectivity index (χ2v) is 8.04. The van der Waals surface area contributed by atoms with Gasteiger partial charge in [-0.2, -0.15) is 0 Å². The number of nitrogens with zero attached hydrogens (tertiary/aromatic N) is 3. The van der Waals surface area contributed by atoms with E-state index >= 15 is 0 Å². The molecule has 166 valence electrons. The summed E-state index contributed by atoms with van der Waals surface area (Å²) in [6.45, 7) is 1.41. The Labute approximate surface area is 192 Å². The van der Waals surface area contributed by atoms with E-state index in [1.54, 1.807) is 31.3 Å². The van der Waals surface area contributed by atoms with Gasteiger partial charge in [0.1, 0.15) is 5.82 Å². The molecule has 0 aliphatic carbocycles. The number of amides is 2. The maximum atomic E-state index is 12.9. The zero-order valence-corrected chi connectivity index (χ0v) is 18.5. The standard InChI is InChI=1S/C26H24N4O3/c1-29-22-15-18-8-5-11-27-24(18)30(21-10-4-9-20(23(21)22)26(29)32)16-17-6-3-7-19(14-17)25(31)28-12-13-33-2/h3-11,14-15H,12-13,16H2,1-2H3,(H,28,31). The molecule has 2 aromatic carbocycles. The van der Waals surface area contributed by atoms with Crippen LogP contribution >= 0.6 is 0 Å². The smallest absolute Gasteiger partial charge is 0.258 e. The molecule has 0 saturated heterocycles. The van der Waals surface area contributed by atoms with Gasteiger partial charge in [-0.1, -0.05) is 18.2 Å². The minimum absolute atomic E-state index is 0.0138. The molecule has 2 amide bonds. The Balaban J connectivity index is 1.56. The summed E-state index contributed by atoms with van der Waals surface area (Å²) in [5, 5.41) is 2.86. The molecule has 0 spiro atoms. The average Bonchev–Trinajstić information content (AvgIpc) is 2.99. The third-order valence-electron chi connectivity index (χ3n) is 5.97. The molecule has 3 aromatic rings. The second kappa shape index (κ2) is 8.52. The van der Waals surface area contributed by atoms with E-state index in [0.29, 0.717) is 30.8 Å². The number of carbonyl (C=O) groups excluding carboxylic acids is 2. The van der Waals surface area contributed by atoms with Crippen LogP contribution in [0.4, 0.5) is 11.5 Å². The van der Waals surface area contributed by atoms with Gasteiger partial charge >= 0.3 is 0 Å². The minimum Gasteiger partial charge on any atom is -0.383 e. The molecule has 0 atom stereocenters. The summed E-state index contributed by atoms with van der Waals surface area (Å²) in [6.07, 6.45) is 3.80. The zero-order valence-electron chi connectivity index (χ0n) is 18.5. The first kappa shape index (κ1) is 20.9. The Morgan fingerprint density at radius 2 is 1.97 bits per heavy atom. The van der Waals surface area contributed by atoms with Crippen molar-refractivity contribution >= 4 is 35.1 Å². The molecule has 0 radical (unpaired) electrons. The number of fused-ring (bicyclic) bond motifs is 1. The van der Waals surface area contributed by atoms with Crippen molar-refractivity contribution in [2.24, 2.45) is 0 Å². The van der Waals surface area contributed by atoms with Gasteiger partial charge in [0.15, 0.2) is 0 Å². The van der Waals surface area contributed by atoms with Crippen LogP contribution in [-0.2, 0) is 11.3 Å². The van der Waals surface area contributed by atoms with Crippen molar-refractivity contribution < 1.29 is 14.3 Å². The lowest BCUT2D eigenvalue weighted by Gasteiger charge is -2.26. The number of carbonyl (C=O) groups is 2. The van der Waals surface area contributed by atoms with Crippen LogP contribution in [0.1, 0.15) is 37.4 Å². The van der Waals surface area contributed by atoms with Crippen molar-refractivity contribution in [3.8, 4) is 0 Å². The molecule has 33 heavy (non-hydrogen) atoms. The highest BCUT2D eigenvalue weighted by Gasteiger charge is 2.35. The van der Waals surface area contributed by atoms with Gasteiger partial charge in [0.2, 0.25) is 0 Å². The van der Waals surface area contributed by atoms with Crippen molar-refractivity contribution in [2.75, 3.05) is 32.2 Å². The van der Waals surface area contributed by atoms with Gasteiger partial charge in [0.25, 0.3) is 11.8 Å². The lowest BCUT2D eigenvalue weighted by atomic mass is 10.0. The summed E-state index contributed by atoms with van der Waals surface area (Å²) in [4.78, 5) is 33.9. The third kappa shape index (κ3) is 3.66. The Hall–Kier alpha value is -3.97. The molecule has 2 aliphatic rings. The second-order valence-electron chi connectivity index (χ2n) is 8.04. The summed E-state index contributed by atoms with van der Waals surface area (Å²) in [7, 11) is 3.40. The van der Waals surface area contributed by atoms with Crippen molar-refractivity contribution in [2.45, 2.75) is 6.54 Å². The number of anilines is 2. The predicted molar refractivity (Wildman–Crippen MR) is 127 cm³/mol. The van der Waals surface area contributed by atoms with Crippen molar-refractivity contribution in [3.05, 3.63) is 88.6 Å². The fraction of sp³-hybridized carbons (Fsp3) is 0.192. The van der Waals surface area contributed by atoms with E-state index in [1.165, 1.54) is 0 Å². The van der Waals surface area contributed by atoms with Crippen LogP contribution in [-0.4, -0.2) is 49.0 Å². The van der Waals surface area contributed by atoms with E-state index in [2.05, 4.69) is 15.2 Å². The molecule has 0 saturated carbocycles. The lowest BCUT2D eigenvalue weighted by Crippen LogP contribution is -2.27. The quantitative estimate of drug-likeness (QED) is 0.592. The van der Waals surface area contributed by atoms with Crippen LogP contribution < -0.4 is 10.2 Å². The fourth-order valence-electron chi connectivity index (χ4n) is 4.37. The van der Waals surface area contributed by atoms with Crippen LogP contribution in [0.25, 0.3) is 11.8 Å². The van der Waals surface area contributed by atoms with Crippen molar-refractivity contribution in [3.63, 3.8) is 0 Å². The molecule has 0 unspecified atom stereocenters. The number of hydrogen-bond donors (Lipinski definition) is 1. The predicted octanol–water partition coefficient (Wildman–Crippen LogP) is 3.69. The molecule has 1 aromatic heterocycles. The Kier molecular flexibility index (Phi) is 5.40. The molecule has 7 heteroatoms. The molecule has 0 fully saturated rings. The first-order valence-corrected chi connectivity index (χ1v) is 10.8. The first-order chi connectivity index (χ1) is 16.1. The highest BCUT2D eigenvalue weighted by atomic mass is 16.5. The van der Waals surface area contributed by atoms with Crippen LogP contribution in [0.2, 0.25) is 0 Å². The van der Waals surface area contributed by atoms with E-state index in [-0.39, 0.29) is 11.8 Å². The summed E-state index contributed by atoms with van der Waals surface area (Å²) < 4.78 is 5.01. The van der Waals surface area contributed by atoms with E-state index in [0.717, 1.165) is 33.9 Å². The molecular weight excluding hydrogens is 416 g/mol. The summed E-state index contributed by atoms with van der Waals surface area (Å²) in [5.41, 5.74) is 5.88. The van der Waals surface area contributed by atoms with Crippen LogP contribution in [0.5, 0.6) is 0 Å². The van der Waals surface area contributed by atoms with Crippen molar-refractivity contribution in [1.82, 2.24) is 15.2 Å². The van der Waals surface area contributed by atoms with Gasteiger partial charge in [-0.15, -0.1) is 0 Å². The number of hydrogen-bond acceptors (Lipinski definition) is 5. The number of ether oxygens (including phenoxy) is 1. The summed E-state index contributed by atoms with van der Waals surface area (Å²) in [6, 6.07) is 17.3. The Morgan fingerprint density at radius 1 is 1.12 bits per heavy atom. The van der Waals surface area contributed by atoms with Gasteiger partial charge < -0.3 is 19.9 Å². The van der Waals surface area contributed by atoms with Crippen LogP contribution in [0.3, 0.4) is 0 Å². The number of pyridine rings is 1. The minimum atomic E-state index is -0.139. The molecule has 3 heterocycles. The van der Waals surface area contributed by atoms with Gasteiger partial charge in [-0.3, -0.25) is 9.59 Å². The summed E-state index contributed by atoms with van der Waals surface area (Å²) in [5.74, 6) is 0.656. The number of methoxy groups -OCH3 is 1. The molecule has 5 rings (SSSR count). The third-order valence-corrected chi connectivity index (χ3v) is 5.97. The van der Waals surface area contributed by atoms with Gasteiger partial charge in [0.05, 0.1) is 23.6 Å². The molecular formula is C26H24N4O3. The summed E-state index contributed by atoms with van der Waals surface area (Å²) >= 11 is 0. The normalized spacial score (nSPS) is 13.9. The molecule has 1 N–H and O–H groups in total. The van der Waals surface area contributed by atoms with Gasteiger partial charge in [-0.25, -0.2) is 4.98 Å². The van der Waals surface area contributed by atoms with Crippen LogP contribution in [0, 0.1) is 0 Å². The van der Waals surface area contributed by atoms with Gasteiger partial charge in [0, 0.05) is 50.1 Å². The maximum Gasteiger partial charge on any atom is 0.258 e. The molecule has 7 nitrogen and oxygen atoms in total. The van der Waals surface area contributed by atoms with E-state index in [1.807, 2.05) is 54.6 Å². The first-order valence-electron chi connectivity index (χ1n) is 10.8. The van der Waals surface area contributed by atoms with E-state index in [4.69, 9.17) is 4.74 Å². The average molecular weight is 441 g/mol. The maximum absolute atomic E-state index is 12.9. The highest BCUT2D eigenvalue weighted by Crippen LogP contribution is 2.45. The van der Waals surface area contributed by atoms with Crippen LogP contribution in [0.15, 0.2) is 60.8 Å². The monoisotopic (exact) mass is 440 g/mol. The lowest BCUT2D eigenvalue weighted by molar-refractivity contribution is 0.0874. The Bertz CT molecular complexity index is 1280. The zero-order chi connectivity index (χ0) is 22.9. The number of rotatable bonds is 6. The van der Waals surface area contributed by atoms with Gasteiger partial charge in [-0.05, 0) is 48.0 Å². The fourth-order valence-corrected chi connectivity index (χ4v) is 4.37. The SMILES string of the molecule is COCCNC(=O)c1cccc(CN2c3cccc4c3C(=Cc3cccnc32)N(C)C4=O)c1. The number of benzene rings is 2.